The highest BCUT2D eigenvalue weighted by Gasteiger charge is 2.15. The standard InChI is InChI=1S/C15H16ClFN2O/c1-3-14-11(6-9(2)18-19-14)15(20)8-10-4-5-13(17)12(16)7-10/h4-7,15,20H,3,8H2,1-2H3. The van der Waals surface area contributed by atoms with E-state index in [1.807, 2.05) is 19.9 Å². The molecule has 5 heteroatoms. The summed E-state index contributed by atoms with van der Waals surface area (Å²) in [6.45, 7) is 3.79. The number of hydrogen-bond acceptors (Lipinski definition) is 3. The normalized spacial score (nSPS) is 12.4. The minimum Gasteiger partial charge on any atom is -0.388 e. The summed E-state index contributed by atoms with van der Waals surface area (Å²) in [6, 6.07) is 6.30. The average molecular weight is 295 g/mol. The van der Waals surface area contributed by atoms with E-state index in [0.29, 0.717) is 12.8 Å². The second-order valence-corrected chi connectivity index (χ2v) is 5.12. The molecule has 0 spiro atoms. The average Bonchev–Trinajstić information content (AvgIpc) is 2.43. The van der Waals surface area contributed by atoms with Crippen molar-refractivity contribution in [2.75, 3.05) is 0 Å². The fourth-order valence-corrected chi connectivity index (χ4v) is 2.30. The summed E-state index contributed by atoms with van der Waals surface area (Å²) < 4.78 is 13.1. The first-order valence-corrected chi connectivity index (χ1v) is 6.84. The molecule has 1 aromatic heterocycles. The predicted octanol–water partition coefficient (Wildman–Crippen LogP) is 3.42. The van der Waals surface area contributed by atoms with Crippen molar-refractivity contribution in [3.8, 4) is 0 Å². The van der Waals surface area contributed by atoms with Crippen LogP contribution in [0, 0.1) is 12.7 Å². The second kappa shape index (κ2) is 6.29. The van der Waals surface area contributed by atoms with Crippen molar-refractivity contribution in [3.05, 3.63) is 57.6 Å². The van der Waals surface area contributed by atoms with E-state index in [-0.39, 0.29) is 5.02 Å². The van der Waals surface area contributed by atoms with Gasteiger partial charge in [0.25, 0.3) is 0 Å². The topological polar surface area (TPSA) is 46.0 Å². The molecule has 2 rings (SSSR count). The summed E-state index contributed by atoms with van der Waals surface area (Å²) in [5.41, 5.74) is 3.07. The van der Waals surface area contributed by atoms with Gasteiger partial charge in [-0.25, -0.2) is 4.39 Å². The van der Waals surface area contributed by atoms with Crippen LogP contribution in [-0.2, 0) is 12.8 Å². The lowest BCUT2D eigenvalue weighted by molar-refractivity contribution is 0.176. The van der Waals surface area contributed by atoms with Gasteiger partial charge in [-0.1, -0.05) is 24.6 Å². The SMILES string of the molecule is CCc1nnc(C)cc1C(O)Cc1ccc(F)c(Cl)c1. The molecule has 3 nitrogen and oxygen atoms in total. The minimum atomic E-state index is -0.708. The van der Waals surface area contributed by atoms with Gasteiger partial charge in [-0.15, -0.1) is 0 Å². The Kier molecular flexibility index (Phi) is 4.68. The van der Waals surface area contributed by atoms with E-state index < -0.39 is 11.9 Å². The number of aliphatic hydroxyl groups is 1. The molecule has 1 heterocycles. The first kappa shape index (κ1) is 14.9. The molecular formula is C15H16ClFN2O. The van der Waals surface area contributed by atoms with Gasteiger partial charge in [-0.2, -0.15) is 10.2 Å². The molecule has 1 atom stereocenters. The van der Waals surface area contributed by atoms with Crippen LogP contribution in [0.5, 0.6) is 0 Å². The Morgan fingerprint density at radius 3 is 2.70 bits per heavy atom. The maximum atomic E-state index is 13.1. The van der Waals surface area contributed by atoms with Crippen LogP contribution in [0.1, 0.15) is 35.5 Å². The van der Waals surface area contributed by atoms with E-state index in [1.54, 1.807) is 6.07 Å². The number of halogens is 2. The zero-order valence-corrected chi connectivity index (χ0v) is 12.2. The highest BCUT2D eigenvalue weighted by atomic mass is 35.5. The van der Waals surface area contributed by atoms with Crippen molar-refractivity contribution in [1.29, 1.82) is 0 Å². The van der Waals surface area contributed by atoms with Crippen molar-refractivity contribution < 1.29 is 9.50 Å². The molecule has 1 unspecified atom stereocenters. The lowest BCUT2D eigenvalue weighted by Gasteiger charge is -2.14. The van der Waals surface area contributed by atoms with Crippen molar-refractivity contribution >= 4 is 11.6 Å². The van der Waals surface area contributed by atoms with Crippen LogP contribution in [0.25, 0.3) is 0 Å². The molecule has 20 heavy (non-hydrogen) atoms. The van der Waals surface area contributed by atoms with Crippen LogP contribution in [0.2, 0.25) is 5.02 Å². The van der Waals surface area contributed by atoms with Gasteiger partial charge in [-0.3, -0.25) is 0 Å². The summed E-state index contributed by atoms with van der Waals surface area (Å²) in [4.78, 5) is 0. The fourth-order valence-electron chi connectivity index (χ4n) is 2.10. The van der Waals surface area contributed by atoms with E-state index >= 15 is 0 Å². The molecular weight excluding hydrogens is 279 g/mol. The van der Waals surface area contributed by atoms with Crippen molar-refractivity contribution in [2.45, 2.75) is 32.8 Å². The van der Waals surface area contributed by atoms with Gasteiger partial charge in [0.05, 0.1) is 22.5 Å². The third-order valence-corrected chi connectivity index (χ3v) is 3.42. The third-order valence-electron chi connectivity index (χ3n) is 3.13. The van der Waals surface area contributed by atoms with E-state index in [2.05, 4.69) is 10.2 Å². The molecule has 0 saturated carbocycles. The lowest BCUT2D eigenvalue weighted by Crippen LogP contribution is -2.09. The zero-order valence-electron chi connectivity index (χ0n) is 11.4. The highest BCUT2D eigenvalue weighted by molar-refractivity contribution is 6.30. The molecule has 0 radical (unpaired) electrons. The van der Waals surface area contributed by atoms with E-state index in [1.165, 1.54) is 12.1 Å². The Bertz CT molecular complexity index is 619. The summed E-state index contributed by atoms with van der Waals surface area (Å²) in [5, 5.41) is 18.5. The molecule has 1 N–H and O–H groups in total. The third kappa shape index (κ3) is 3.32. The van der Waals surface area contributed by atoms with Gasteiger partial charge in [0.15, 0.2) is 0 Å². The second-order valence-electron chi connectivity index (χ2n) is 4.71. The number of aryl methyl sites for hydroxylation is 2. The monoisotopic (exact) mass is 294 g/mol. The fraction of sp³-hybridized carbons (Fsp3) is 0.333. The van der Waals surface area contributed by atoms with Crippen molar-refractivity contribution in [2.24, 2.45) is 0 Å². The van der Waals surface area contributed by atoms with Crippen LogP contribution in [-0.4, -0.2) is 15.3 Å². The van der Waals surface area contributed by atoms with Crippen LogP contribution >= 0.6 is 11.6 Å². The van der Waals surface area contributed by atoms with Crippen LogP contribution in [0.4, 0.5) is 4.39 Å². The van der Waals surface area contributed by atoms with Crippen LogP contribution in [0.15, 0.2) is 24.3 Å². The minimum absolute atomic E-state index is 0.0643. The zero-order chi connectivity index (χ0) is 14.7. The summed E-state index contributed by atoms with van der Waals surface area (Å²) in [6.07, 6.45) is 0.350. The molecule has 0 amide bonds. The van der Waals surface area contributed by atoms with Gasteiger partial charge < -0.3 is 5.11 Å². The van der Waals surface area contributed by atoms with Crippen LogP contribution < -0.4 is 0 Å². The molecule has 0 aliphatic rings. The van der Waals surface area contributed by atoms with E-state index in [4.69, 9.17) is 11.6 Å². The smallest absolute Gasteiger partial charge is 0.141 e. The molecule has 0 aliphatic heterocycles. The van der Waals surface area contributed by atoms with Gasteiger partial charge in [0, 0.05) is 12.0 Å². The van der Waals surface area contributed by atoms with Gasteiger partial charge >= 0.3 is 0 Å². The highest BCUT2D eigenvalue weighted by Crippen LogP contribution is 2.24. The summed E-state index contributed by atoms with van der Waals surface area (Å²) >= 11 is 5.75. The lowest BCUT2D eigenvalue weighted by atomic mass is 9.99. The summed E-state index contributed by atoms with van der Waals surface area (Å²) in [5.74, 6) is -0.458. The Labute approximate surface area is 122 Å². The van der Waals surface area contributed by atoms with Gasteiger partial charge in [0.2, 0.25) is 0 Å². The molecule has 2 aromatic rings. The number of rotatable bonds is 4. The first-order chi connectivity index (χ1) is 9.51. The maximum Gasteiger partial charge on any atom is 0.141 e. The molecule has 106 valence electrons. The van der Waals surface area contributed by atoms with Gasteiger partial charge in [0.1, 0.15) is 5.82 Å². The number of benzene rings is 1. The van der Waals surface area contributed by atoms with Gasteiger partial charge in [-0.05, 0) is 37.1 Å². The number of nitrogens with zero attached hydrogens (tertiary/aromatic N) is 2. The Morgan fingerprint density at radius 1 is 1.30 bits per heavy atom. The maximum absolute atomic E-state index is 13.1. The summed E-state index contributed by atoms with van der Waals surface area (Å²) in [7, 11) is 0. The molecule has 1 aromatic carbocycles. The van der Waals surface area contributed by atoms with Crippen molar-refractivity contribution in [3.63, 3.8) is 0 Å². The Balaban J connectivity index is 2.25. The molecule has 0 bridgehead atoms. The number of aliphatic hydroxyl groups excluding tert-OH is 1. The predicted molar refractivity (Wildman–Crippen MR) is 76.2 cm³/mol. The Hall–Kier alpha value is -1.52. The van der Waals surface area contributed by atoms with Crippen molar-refractivity contribution in [1.82, 2.24) is 10.2 Å². The van der Waals surface area contributed by atoms with Crippen LogP contribution in [0.3, 0.4) is 0 Å². The molecule has 0 saturated heterocycles. The molecule has 0 fully saturated rings. The number of hydrogen-bond donors (Lipinski definition) is 1. The largest absolute Gasteiger partial charge is 0.388 e. The number of aromatic nitrogens is 2. The quantitative estimate of drug-likeness (QED) is 0.940. The Morgan fingerprint density at radius 2 is 2.05 bits per heavy atom. The van der Waals surface area contributed by atoms with E-state index in [0.717, 1.165) is 22.5 Å². The molecule has 0 aliphatic carbocycles. The van der Waals surface area contributed by atoms with E-state index in [9.17, 15) is 9.50 Å². The first-order valence-electron chi connectivity index (χ1n) is 6.46.